The van der Waals surface area contributed by atoms with Crippen LogP contribution in [-0.4, -0.2) is 50.5 Å². The van der Waals surface area contributed by atoms with Gasteiger partial charge in [0.15, 0.2) is 0 Å². The van der Waals surface area contributed by atoms with Crippen LogP contribution in [0.1, 0.15) is 36.3 Å². The molecule has 1 amide bonds. The van der Waals surface area contributed by atoms with Crippen LogP contribution in [0, 0.1) is 12.3 Å². The zero-order valence-electron chi connectivity index (χ0n) is 17.9. The van der Waals surface area contributed by atoms with Crippen LogP contribution >= 0.6 is 22.9 Å². The summed E-state index contributed by atoms with van der Waals surface area (Å²) in [5.41, 5.74) is 1.90. The Labute approximate surface area is 193 Å². The smallest absolute Gasteiger partial charge is 0.296 e. The van der Waals surface area contributed by atoms with Crippen LogP contribution in [0.15, 0.2) is 24.5 Å². The quantitative estimate of drug-likeness (QED) is 0.517. The maximum Gasteiger partial charge on any atom is 0.296 e. The molecular formula is C21H22ClN5O4S. The number of pyridine rings is 2. The maximum atomic E-state index is 13.1. The number of carbonyl (C=O) groups is 1. The van der Waals surface area contributed by atoms with Gasteiger partial charge in [-0.25, -0.2) is 4.98 Å². The maximum absolute atomic E-state index is 13.1. The number of amides is 1. The van der Waals surface area contributed by atoms with E-state index in [9.17, 15) is 9.90 Å². The molecule has 32 heavy (non-hydrogen) atoms. The van der Waals surface area contributed by atoms with Gasteiger partial charge >= 0.3 is 0 Å². The lowest BCUT2D eigenvalue weighted by atomic mass is 9.66. The molecule has 4 rings (SSSR count). The summed E-state index contributed by atoms with van der Waals surface area (Å²) < 4.78 is 11.2. The normalized spacial score (nSPS) is 19.2. The molecule has 11 heteroatoms. The van der Waals surface area contributed by atoms with Gasteiger partial charge < -0.3 is 14.6 Å². The van der Waals surface area contributed by atoms with Gasteiger partial charge in [0.25, 0.3) is 11.1 Å². The largest absolute Gasteiger partial charge is 0.494 e. The minimum Gasteiger partial charge on any atom is -0.494 e. The summed E-state index contributed by atoms with van der Waals surface area (Å²) in [5.74, 6) is 0.0653. The molecule has 0 aromatic carbocycles. The van der Waals surface area contributed by atoms with E-state index in [2.05, 4.69) is 25.5 Å². The molecule has 0 radical (unpaired) electrons. The van der Waals surface area contributed by atoms with Crippen LogP contribution in [0.3, 0.4) is 0 Å². The van der Waals surface area contributed by atoms with Crippen molar-refractivity contribution in [1.29, 1.82) is 0 Å². The van der Waals surface area contributed by atoms with E-state index in [1.807, 2.05) is 20.8 Å². The fraction of sp³-hybridized carbons (Fsp3) is 0.381. The van der Waals surface area contributed by atoms with Gasteiger partial charge in [-0.2, -0.15) is 0 Å². The second kappa shape index (κ2) is 8.61. The third-order valence-corrected chi connectivity index (χ3v) is 6.56. The van der Waals surface area contributed by atoms with Crippen LogP contribution in [0.2, 0.25) is 5.15 Å². The lowest BCUT2D eigenvalue weighted by Crippen LogP contribution is -2.56. The average Bonchev–Trinajstić information content (AvgIpc) is 3.20. The number of hydrogen-bond acceptors (Lipinski definition) is 9. The molecule has 3 heterocycles. The first-order chi connectivity index (χ1) is 15.2. The summed E-state index contributed by atoms with van der Waals surface area (Å²) in [6.45, 7) is 5.69. The monoisotopic (exact) mass is 475 g/mol. The fourth-order valence-corrected chi connectivity index (χ4v) is 4.21. The number of nitrogens with zero attached hydrogens (tertiary/aromatic N) is 4. The standard InChI is InChI=1S/C21H22ClN5O4S/c1-10-5-11(12-6-17(22)24-9-14(12)30-4)13(8-23-10)18(29)25-19-26-27-20(32-19)31-16-7-15(28)21(16,2)3/h5-6,8-9,15-16,28H,7H2,1-4H3,(H,25,26,29)/t15-,16+/m0/s1. The van der Waals surface area contributed by atoms with Crippen molar-refractivity contribution in [1.82, 2.24) is 20.2 Å². The molecule has 3 aromatic heterocycles. The number of carbonyl (C=O) groups excluding carboxylic acids is 1. The van der Waals surface area contributed by atoms with E-state index >= 15 is 0 Å². The first kappa shape index (κ1) is 22.4. The Balaban J connectivity index is 1.57. The SMILES string of the molecule is COc1cnc(Cl)cc1-c1cc(C)ncc1C(=O)Nc1nnc(O[C@@H]2C[C@H](O)C2(C)C)s1. The second-order valence-corrected chi connectivity index (χ2v) is 9.41. The molecule has 9 nitrogen and oxygen atoms in total. The number of aromatic nitrogens is 4. The summed E-state index contributed by atoms with van der Waals surface area (Å²) in [6, 6.07) is 3.42. The van der Waals surface area contributed by atoms with Crippen molar-refractivity contribution in [3.63, 3.8) is 0 Å². The van der Waals surface area contributed by atoms with Crippen molar-refractivity contribution in [2.75, 3.05) is 12.4 Å². The fourth-order valence-electron chi connectivity index (χ4n) is 3.41. The molecular weight excluding hydrogens is 454 g/mol. The highest BCUT2D eigenvalue weighted by Crippen LogP contribution is 2.43. The van der Waals surface area contributed by atoms with E-state index in [1.54, 1.807) is 12.1 Å². The number of methoxy groups -OCH3 is 1. The molecule has 168 valence electrons. The van der Waals surface area contributed by atoms with Gasteiger partial charge in [-0.05, 0) is 30.4 Å². The van der Waals surface area contributed by atoms with Gasteiger partial charge in [0, 0.05) is 34.9 Å². The molecule has 3 aromatic rings. The molecule has 1 aliphatic rings. The highest BCUT2D eigenvalue weighted by atomic mass is 35.5. The molecule has 0 saturated heterocycles. The lowest BCUT2D eigenvalue weighted by Gasteiger charge is -2.47. The lowest BCUT2D eigenvalue weighted by molar-refractivity contribution is -0.134. The zero-order chi connectivity index (χ0) is 23.0. The Bertz CT molecular complexity index is 1170. The van der Waals surface area contributed by atoms with Gasteiger partial charge in [0.2, 0.25) is 5.13 Å². The second-order valence-electron chi connectivity index (χ2n) is 8.09. The highest BCUT2D eigenvalue weighted by Gasteiger charge is 2.49. The van der Waals surface area contributed by atoms with Crippen molar-refractivity contribution in [2.24, 2.45) is 5.41 Å². The van der Waals surface area contributed by atoms with Crippen LogP contribution in [-0.2, 0) is 0 Å². The Morgan fingerprint density at radius 2 is 2.03 bits per heavy atom. The van der Waals surface area contributed by atoms with Crippen molar-refractivity contribution >= 4 is 34.0 Å². The summed E-state index contributed by atoms with van der Waals surface area (Å²) in [4.78, 5) is 21.4. The summed E-state index contributed by atoms with van der Waals surface area (Å²) in [7, 11) is 1.52. The number of hydrogen-bond donors (Lipinski definition) is 2. The molecule has 2 atom stereocenters. The minimum absolute atomic E-state index is 0.161. The third kappa shape index (κ3) is 4.25. The van der Waals surface area contributed by atoms with Crippen molar-refractivity contribution in [2.45, 2.75) is 39.4 Å². The average molecular weight is 476 g/mol. The number of halogens is 1. The minimum atomic E-state index is -0.412. The van der Waals surface area contributed by atoms with Crippen molar-refractivity contribution in [3.8, 4) is 22.1 Å². The summed E-state index contributed by atoms with van der Waals surface area (Å²) >= 11 is 7.20. The molecule has 0 aliphatic heterocycles. The predicted molar refractivity (Wildman–Crippen MR) is 120 cm³/mol. The van der Waals surface area contributed by atoms with Crippen LogP contribution in [0.4, 0.5) is 5.13 Å². The first-order valence-electron chi connectivity index (χ1n) is 9.85. The predicted octanol–water partition coefficient (Wildman–Crippen LogP) is 3.76. The Kier molecular flexibility index (Phi) is 6.02. The van der Waals surface area contributed by atoms with Crippen molar-refractivity contribution < 1.29 is 19.4 Å². The molecule has 2 N–H and O–H groups in total. The van der Waals surface area contributed by atoms with E-state index in [-0.39, 0.29) is 21.8 Å². The first-order valence-corrected chi connectivity index (χ1v) is 11.0. The number of aryl methyl sites for hydroxylation is 1. The van der Waals surface area contributed by atoms with E-state index in [0.29, 0.717) is 34.1 Å². The van der Waals surface area contributed by atoms with E-state index in [0.717, 1.165) is 17.0 Å². The van der Waals surface area contributed by atoms with E-state index in [1.165, 1.54) is 19.5 Å². The molecule has 0 bridgehead atoms. The number of anilines is 1. The van der Waals surface area contributed by atoms with E-state index < -0.39 is 12.0 Å². The number of ether oxygens (including phenoxy) is 2. The van der Waals surface area contributed by atoms with E-state index in [4.69, 9.17) is 21.1 Å². The third-order valence-electron chi connectivity index (χ3n) is 5.63. The van der Waals surface area contributed by atoms with Crippen molar-refractivity contribution in [3.05, 3.63) is 40.9 Å². The molecule has 1 fully saturated rings. The number of nitrogens with one attached hydrogen (secondary N) is 1. The Hall–Kier alpha value is -2.82. The summed E-state index contributed by atoms with van der Waals surface area (Å²) in [6.07, 6.45) is 2.95. The Morgan fingerprint density at radius 3 is 2.72 bits per heavy atom. The number of aliphatic hydroxyl groups excluding tert-OH is 1. The molecule has 1 aliphatic carbocycles. The van der Waals surface area contributed by atoms with Gasteiger partial charge in [-0.3, -0.25) is 15.1 Å². The topological polar surface area (TPSA) is 119 Å². The summed E-state index contributed by atoms with van der Waals surface area (Å²) in [5, 5.41) is 21.5. The number of aliphatic hydroxyl groups is 1. The highest BCUT2D eigenvalue weighted by molar-refractivity contribution is 7.17. The van der Waals surface area contributed by atoms with Gasteiger partial charge in [0.05, 0.1) is 25.0 Å². The zero-order valence-corrected chi connectivity index (χ0v) is 19.5. The van der Waals surface area contributed by atoms with Crippen LogP contribution < -0.4 is 14.8 Å². The van der Waals surface area contributed by atoms with Gasteiger partial charge in [-0.15, -0.1) is 5.10 Å². The molecule has 1 saturated carbocycles. The Morgan fingerprint density at radius 1 is 1.25 bits per heavy atom. The number of rotatable bonds is 6. The van der Waals surface area contributed by atoms with Gasteiger partial charge in [-0.1, -0.05) is 30.5 Å². The van der Waals surface area contributed by atoms with Crippen LogP contribution in [0.25, 0.3) is 11.1 Å². The van der Waals surface area contributed by atoms with Gasteiger partial charge in [0.1, 0.15) is 17.0 Å². The molecule has 0 unspecified atom stereocenters. The van der Waals surface area contributed by atoms with Crippen LogP contribution in [0.5, 0.6) is 10.9 Å². The molecule has 0 spiro atoms.